The summed E-state index contributed by atoms with van der Waals surface area (Å²) in [5.41, 5.74) is 0. The second-order valence-corrected chi connectivity index (χ2v) is 7.11. The van der Waals surface area contributed by atoms with Crippen molar-refractivity contribution in [3.8, 4) is 0 Å². The van der Waals surface area contributed by atoms with Crippen LogP contribution in [-0.4, -0.2) is 38.9 Å². The molecule has 0 saturated carbocycles. The fourth-order valence-corrected chi connectivity index (χ4v) is 3.73. The molecule has 7 heteroatoms. The van der Waals surface area contributed by atoms with Crippen LogP contribution in [0.5, 0.6) is 0 Å². The van der Waals surface area contributed by atoms with E-state index in [9.17, 15) is 8.42 Å². The lowest BCUT2D eigenvalue weighted by Crippen LogP contribution is -2.40. The number of rotatable bonds is 5. The third-order valence-electron chi connectivity index (χ3n) is 3.11. The summed E-state index contributed by atoms with van der Waals surface area (Å²) >= 11 is 0. The van der Waals surface area contributed by atoms with Gasteiger partial charge in [-0.05, 0) is 18.1 Å². The molecule has 0 amide bonds. The summed E-state index contributed by atoms with van der Waals surface area (Å²) in [6.45, 7) is 4.48. The Morgan fingerprint density at radius 1 is 1.53 bits per heavy atom. The molecule has 1 fully saturated rings. The van der Waals surface area contributed by atoms with Gasteiger partial charge in [0.15, 0.2) is 0 Å². The van der Waals surface area contributed by atoms with E-state index in [4.69, 9.17) is 9.25 Å². The van der Waals surface area contributed by atoms with Crippen LogP contribution in [0.4, 0.5) is 0 Å². The van der Waals surface area contributed by atoms with Crippen LogP contribution < -0.4 is 4.72 Å². The first-order valence-corrected chi connectivity index (χ1v) is 7.84. The molecule has 19 heavy (non-hydrogen) atoms. The molecule has 1 N–H and O–H groups in total. The van der Waals surface area contributed by atoms with E-state index < -0.39 is 21.3 Å². The Kier molecular flexibility index (Phi) is 4.29. The van der Waals surface area contributed by atoms with Gasteiger partial charge in [-0.25, -0.2) is 13.1 Å². The van der Waals surface area contributed by atoms with E-state index in [-0.39, 0.29) is 12.5 Å². The molecule has 1 aliphatic heterocycles. The van der Waals surface area contributed by atoms with Gasteiger partial charge in [0.25, 0.3) is 0 Å². The van der Waals surface area contributed by atoms with E-state index >= 15 is 0 Å². The number of sulfonamides is 1. The van der Waals surface area contributed by atoms with Gasteiger partial charge >= 0.3 is 0 Å². The summed E-state index contributed by atoms with van der Waals surface area (Å²) in [4.78, 5) is 5.35. The minimum absolute atomic E-state index is 0.134. The van der Waals surface area contributed by atoms with Crippen molar-refractivity contribution in [2.45, 2.75) is 25.1 Å². The molecule has 1 saturated heterocycles. The predicted octanol–water partition coefficient (Wildman–Crippen LogP) is 1.14. The van der Waals surface area contributed by atoms with Crippen LogP contribution >= 0.6 is 0 Å². The third kappa shape index (κ3) is 3.17. The third-order valence-corrected chi connectivity index (χ3v) is 4.87. The molecular formula is C12H20N2O4S. The normalized spacial score (nSPS) is 25.3. The summed E-state index contributed by atoms with van der Waals surface area (Å²) in [5.74, 6) is 0.858. The van der Waals surface area contributed by atoms with Crippen molar-refractivity contribution in [3.63, 3.8) is 0 Å². The molecule has 2 rings (SSSR count). The maximum Gasteiger partial charge on any atom is 0.218 e. The van der Waals surface area contributed by atoms with Gasteiger partial charge in [0.05, 0.1) is 12.9 Å². The Balaban J connectivity index is 2.18. The SMILES string of the molecule is CC(C)CNS(=O)(=O)C1CON(C)C1c1ccco1. The molecule has 1 aliphatic rings. The lowest BCUT2D eigenvalue weighted by molar-refractivity contribution is -0.113. The van der Waals surface area contributed by atoms with Crippen molar-refractivity contribution in [2.75, 3.05) is 20.2 Å². The fourth-order valence-electron chi connectivity index (χ4n) is 2.07. The number of hydrogen-bond acceptors (Lipinski definition) is 5. The predicted molar refractivity (Wildman–Crippen MR) is 70.7 cm³/mol. The highest BCUT2D eigenvalue weighted by Crippen LogP contribution is 2.33. The van der Waals surface area contributed by atoms with Gasteiger partial charge in [0.2, 0.25) is 10.0 Å². The number of hydroxylamine groups is 2. The number of nitrogens with one attached hydrogen (secondary N) is 1. The molecule has 2 heterocycles. The Hall–Kier alpha value is -0.890. The summed E-state index contributed by atoms with van der Waals surface area (Å²) in [5, 5.41) is 0.875. The second kappa shape index (κ2) is 5.62. The number of hydrogen-bond donors (Lipinski definition) is 1. The number of nitrogens with zero attached hydrogens (tertiary/aromatic N) is 1. The Morgan fingerprint density at radius 3 is 2.84 bits per heavy atom. The largest absolute Gasteiger partial charge is 0.468 e. The summed E-state index contributed by atoms with van der Waals surface area (Å²) in [6.07, 6.45) is 1.53. The maximum absolute atomic E-state index is 12.3. The number of furan rings is 1. The standard InChI is InChI=1S/C12H20N2O4S/c1-9(2)7-13-19(15,16)11-8-18-14(3)12(11)10-5-4-6-17-10/h4-6,9,11-13H,7-8H2,1-3H3. The first kappa shape index (κ1) is 14.5. The Labute approximate surface area is 113 Å². The van der Waals surface area contributed by atoms with Gasteiger partial charge in [-0.3, -0.25) is 4.84 Å². The molecule has 0 spiro atoms. The summed E-state index contributed by atoms with van der Waals surface area (Å²) in [7, 11) is -1.73. The molecule has 1 aromatic heterocycles. The molecule has 2 atom stereocenters. The molecule has 0 aliphatic carbocycles. The minimum atomic E-state index is -3.44. The molecule has 2 unspecified atom stereocenters. The highest BCUT2D eigenvalue weighted by molar-refractivity contribution is 7.90. The molecule has 108 valence electrons. The quantitative estimate of drug-likeness (QED) is 0.879. The van der Waals surface area contributed by atoms with Gasteiger partial charge < -0.3 is 4.42 Å². The molecule has 1 aromatic rings. The van der Waals surface area contributed by atoms with Gasteiger partial charge in [-0.2, -0.15) is 5.06 Å². The van der Waals surface area contributed by atoms with Crippen molar-refractivity contribution < 1.29 is 17.7 Å². The van der Waals surface area contributed by atoms with Gasteiger partial charge in [-0.1, -0.05) is 13.8 Å². The zero-order valence-corrected chi connectivity index (χ0v) is 12.2. The van der Waals surface area contributed by atoms with Crippen molar-refractivity contribution >= 4 is 10.0 Å². The van der Waals surface area contributed by atoms with E-state index in [1.165, 1.54) is 11.3 Å². The Bertz CT molecular complexity index is 498. The van der Waals surface area contributed by atoms with Crippen molar-refractivity contribution in [1.29, 1.82) is 0 Å². The molecule has 0 bridgehead atoms. The Morgan fingerprint density at radius 2 is 2.26 bits per heavy atom. The maximum atomic E-state index is 12.3. The zero-order valence-electron chi connectivity index (χ0n) is 11.4. The van der Waals surface area contributed by atoms with E-state index in [2.05, 4.69) is 4.72 Å². The van der Waals surface area contributed by atoms with Crippen molar-refractivity contribution in [1.82, 2.24) is 9.79 Å². The topological polar surface area (TPSA) is 71.8 Å². The highest BCUT2D eigenvalue weighted by atomic mass is 32.2. The highest BCUT2D eigenvalue weighted by Gasteiger charge is 2.44. The monoisotopic (exact) mass is 288 g/mol. The van der Waals surface area contributed by atoms with Crippen LogP contribution in [0.25, 0.3) is 0 Å². The minimum Gasteiger partial charge on any atom is -0.468 e. The average molecular weight is 288 g/mol. The molecule has 6 nitrogen and oxygen atoms in total. The van der Waals surface area contributed by atoms with Crippen LogP contribution in [0.2, 0.25) is 0 Å². The van der Waals surface area contributed by atoms with Crippen LogP contribution in [0, 0.1) is 5.92 Å². The lowest BCUT2D eigenvalue weighted by Gasteiger charge is -2.21. The fraction of sp³-hybridized carbons (Fsp3) is 0.667. The van der Waals surface area contributed by atoms with E-state index in [1.54, 1.807) is 19.2 Å². The summed E-state index contributed by atoms with van der Waals surface area (Å²) < 4.78 is 32.6. The molecule has 0 radical (unpaired) electrons. The summed E-state index contributed by atoms with van der Waals surface area (Å²) in [6, 6.07) is 3.09. The van der Waals surface area contributed by atoms with Crippen LogP contribution in [0.1, 0.15) is 25.6 Å². The van der Waals surface area contributed by atoms with Crippen LogP contribution in [0.3, 0.4) is 0 Å². The smallest absolute Gasteiger partial charge is 0.218 e. The van der Waals surface area contributed by atoms with E-state index in [0.29, 0.717) is 12.3 Å². The van der Waals surface area contributed by atoms with Crippen molar-refractivity contribution in [3.05, 3.63) is 24.2 Å². The lowest BCUT2D eigenvalue weighted by atomic mass is 10.2. The van der Waals surface area contributed by atoms with Crippen LogP contribution in [0.15, 0.2) is 22.8 Å². The molecular weight excluding hydrogens is 268 g/mol. The van der Waals surface area contributed by atoms with Gasteiger partial charge in [-0.15, -0.1) is 0 Å². The van der Waals surface area contributed by atoms with Gasteiger partial charge in [0.1, 0.15) is 17.1 Å². The first-order chi connectivity index (χ1) is 8.92. The molecule has 0 aromatic carbocycles. The zero-order chi connectivity index (χ0) is 14.0. The van der Waals surface area contributed by atoms with E-state index in [0.717, 1.165) is 0 Å². The van der Waals surface area contributed by atoms with Gasteiger partial charge in [0, 0.05) is 13.6 Å². The average Bonchev–Trinajstić information content (AvgIpc) is 2.95. The van der Waals surface area contributed by atoms with Crippen LogP contribution in [-0.2, 0) is 14.9 Å². The van der Waals surface area contributed by atoms with Crippen molar-refractivity contribution in [2.24, 2.45) is 5.92 Å². The first-order valence-electron chi connectivity index (χ1n) is 6.29. The second-order valence-electron chi connectivity index (χ2n) is 5.13. The van der Waals surface area contributed by atoms with E-state index in [1.807, 2.05) is 13.8 Å².